The molecule has 0 aliphatic carbocycles. The first-order valence-electron chi connectivity index (χ1n) is 6.13. The van der Waals surface area contributed by atoms with E-state index in [4.69, 9.17) is 15.2 Å². The van der Waals surface area contributed by atoms with Crippen molar-refractivity contribution in [1.29, 1.82) is 0 Å². The molecule has 2 aromatic carbocycles. The van der Waals surface area contributed by atoms with Crippen molar-refractivity contribution in [2.75, 3.05) is 25.3 Å². The van der Waals surface area contributed by atoms with E-state index in [9.17, 15) is 9.18 Å². The molecule has 110 valence electrons. The highest BCUT2D eigenvalue weighted by molar-refractivity contribution is 6.07. The van der Waals surface area contributed by atoms with Gasteiger partial charge in [0.25, 0.3) is 5.91 Å². The van der Waals surface area contributed by atoms with E-state index in [0.717, 1.165) is 0 Å². The van der Waals surface area contributed by atoms with Crippen LogP contribution in [0.5, 0.6) is 11.5 Å². The first-order valence-corrected chi connectivity index (χ1v) is 6.13. The SMILES string of the molecule is COc1cc(F)ccc1NC(=O)c1ccc(N)cc1OC. The molecule has 0 radical (unpaired) electrons. The standard InChI is InChI=1S/C15H15FN2O3/c1-20-13-8-10(17)4-5-11(13)15(19)18-12-6-3-9(16)7-14(12)21-2/h3-8H,17H2,1-2H3,(H,18,19). The molecule has 0 bridgehead atoms. The second-order valence-corrected chi connectivity index (χ2v) is 4.26. The summed E-state index contributed by atoms with van der Waals surface area (Å²) in [6.45, 7) is 0. The summed E-state index contributed by atoms with van der Waals surface area (Å²) in [5, 5.41) is 2.65. The van der Waals surface area contributed by atoms with Crippen molar-refractivity contribution in [2.45, 2.75) is 0 Å². The Balaban J connectivity index is 2.30. The zero-order chi connectivity index (χ0) is 15.4. The Morgan fingerprint density at radius 1 is 1.10 bits per heavy atom. The van der Waals surface area contributed by atoms with E-state index in [2.05, 4.69) is 5.32 Å². The lowest BCUT2D eigenvalue weighted by molar-refractivity contribution is 0.102. The van der Waals surface area contributed by atoms with Gasteiger partial charge in [-0.15, -0.1) is 0 Å². The van der Waals surface area contributed by atoms with Crippen LogP contribution >= 0.6 is 0 Å². The first-order chi connectivity index (χ1) is 10.0. The molecule has 0 heterocycles. The molecular weight excluding hydrogens is 275 g/mol. The van der Waals surface area contributed by atoms with E-state index in [-0.39, 0.29) is 5.75 Å². The quantitative estimate of drug-likeness (QED) is 0.849. The number of amides is 1. The molecule has 0 aliphatic heterocycles. The molecule has 2 rings (SSSR count). The molecule has 5 nitrogen and oxygen atoms in total. The molecule has 1 amide bonds. The zero-order valence-electron chi connectivity index (χ0n) is 11.6. The van der Waals surface area contributed by atoms with Gasteiger partial charge in [-0.3, -0.25) is 4.79 Å². The second-order valence-electron chi connectivity index (χ2n) is 4.26. The van der Waals surface area contributed by atoms with Gasteiger partial charge in [0.1, 0.15) is 17.3 Å². The molecule has 0 spiro atoms. The Morgan fingerprint density at radius 2 is 1.81 bits per heavy atom. The molecule has 0 aliphatic rings. The summed E-state index contributed by atoms with van der Waals surface area (Å²) in [6, 6.07) is 8.56. The van der Waals surface area contributed by atoms with Gasteiger partial charge in [0.15, 0.2) is 0 Å². The van der Waals surface area contributed by atoms with Crippen LogP contribution in [0.25, 0.3) is 0 Å². The van der Waals surface area contributed by atoms with E-state index in [0.29, 0.717) is 22.7 Å². The number of ether oxygens (including phenoxy) is 2. The lowest BCUT2D eigenvalue weighted by atomic mass is 10.1. The van der Waals surface area contributed by atoms with Crippen molar-refractivity contribution in [2.24, 2.45) is 0 Å². The number of nitrogens with one attached hydrogen (secondary N) is 1. The maximum atomic E-state index is 13.1. The van der Waals surface area contributed by atoms with E-state index < -0.39 is 11.7 Å². The van der Waals surface area contributed by atoms with Gasteiger partial charge in [0.2, 0.25) is 0 Å². The van der Waals surface area contributed by atoms with Crippen LogP contribution in [0.15, 0.2) is 36.4 Å². The van der Waals surface area contributed by atoms with Crippen molar-refractivity contribution in [1.82, 2.24) is 0 Å². The fourth-order valence-electron chi connectivity index (χ4n) is 1.85. The summed E-state index contributed by atoms with van der Waals surface area (Å²) in [5.74, 6) is -0.266. The largest absolute Gasteiger partial charge is 0.496 e. The molecule has 0 atom stereocenters. The lowest BCUT2D eigenvalue weighted by Gasteiger charge is -2.12. The fourth-order valence-corrected chi connectivity index (χ4v) is 1.85. The summed E-state index contributed by atoms with van der Waals surface area (Å²) in [6.07, 6.45) is 0. The second kappa shape index (κ2) is 6.13. The number of hydrogen-bond donors (Lipinski definition) is 2. The van der Waals surface area contributed by atoms with Gasteiger partial charge < -0.3 is 20.5 Å². The van der Waals surface area contributed by atoms with E-state index >= 15 is 0 Å². The number of halogens is 1. The number of carbonyl (C=O) groups is 1. The molecule has 21 heavy (non-hydrogen) atoms. The summed E-state index contributed by atoms with van der Waals surface area (Å²) in [5.41, 5.74) is 6.81. The monoisotopic (exact) mass is 290 g/mol. The van der Waals surface area contributed by atoms with Gasteiger partial charge in [-0.25, -0.2) is 4.39 Å². The summed E-state index contributed by atoms with van der Waals surface area (Å²) in [4.78, 5) is 12.3. The van der Waals surface area contributed by atoms with Crippen molar-refractivity contribution in [3.63, 3.8) is 0 Å². The number of rotatable bonds is 4. The minimum atomic E-state index is -0.449. The lowest BCUT2D eigenvalue weighted by Crippen LogP contribution is -2.14. The maximum Gasteiger partial charge on any atom is 0.259 e. The number of hydrogen-bond acceptors (Lipinski definition) is 4. The smallest absolute Gasteiger partial charge is 0.259 e. The maximum absolute atomic E-state index is 13.1. The van der Waals surface area contributed by atoms with Crippen LogP contribution in [0.1, 0.15) is 10.4 Å². The van der Waals surface area contributed by atoms with E-state index in [1.807, 2.05) is 0 Å². The Morgan fingerprint density at radius 3 is 2.48 bits per heavy atom. The number of benzene rings is 2. The summed E-state index contributed by atoms with van der Waals surface area (Å²) >= 11 is 0. The van der Waals surface area contributed by atoms with Gasteiger partial charge >= 0.3 is 0 Å². The molecule has 2 aromatic rings. The highest BCUT2D eigenvalue weighted by Crippen LogP contribution is 2.27. The van der Waals surface area contributed by atoms with Crippen molar-refractivity contribution < 1.29 is 18.7 Å². The summed E-state index contributed by atoms with van der Waals surface area (Å²) in [7, 11) is 2.85. The van der Waals surface area contributed by atoms with Crippen LogP contribution in [-0.4, -0.2) is 20.1 Å². The van der Waals surface area contributed by atoms with Gasteiger partial charge in [-0.2, -0.15) is 0 Å². The highest BCUT2D eigenvalue weighted by atomic mass is 19.1. The van der Waals surface area contributed by atoms with Crippen LogP contribution in [0, 0.1) is 5.82 Å². The third-order valence-electron chi connectivity index (χ3n) is 2.88. The predicted octanol–water partition coefficient (Wildman–Crippen LogP) is 2.68. The van der Waals surface area contributed by atoms with Crippen LogP contribution < -0.4 is 20.5 Å². The Hall–Kier alpha value is -2.76. The predicted molar refractivity (Wildman–Crippen MR) is 78.3 cm³/mol. The van der Waals surface area contributed by atoms with Crippen LogP contribution in [-0.2, 0) is 0 Å². The fraction of sp³-hybridized carbons (Fsp3) is 0.133. The third kappa shape index (κ3) is 3.22. The molecule has 3 N–H and O–H groups in total. The summed E-state index contributed by atoms with van der Waals surface area (Å²) < 4.78 is 23.3. The molecule has 0 saturated carbocycles. The average molecular weight is 290 g/mol. The van der Waals surface area contributed by atoms with Gasteiger partial charge in [0.05, 0.1) is 25.5 Å². The Kier molecular flexibility index (Phi) is 4.27. The van der Waals surface area contributed by atoms with Crippen LogP contribution in [0.3, 0.4) is 0 Å². The number of nitrogen functional groups attached to an aromatic ring is 1. The normalized spacial score (nSPS) is 10.0. The van der Waals surface area contributed by atoms with Crippen molar-refractivity contribution >= 4 is 17.3 Å². The number of methoxy groups -OCH3 is 2. The van der Waals surface area contributed by atoms with Gasteiger partial charge in [-0.05, 0) is 24.3 Å². The first kappa shape index (κ1) is 14.6. The minimum Gasteiger partial charge on any atom is -0.496 e. The topological polar surface area (TPSA) is 73.6 Å². The van der Waals surface area contributed by atoms with E-state index in [1.165, 1.54) is 32.4 Å². The van der Waals surface area contributed by atoms with E-state index in [1.54, 1.807) is 18.2 Å². The van der Waals surface area contributed by atoms with Crippen molar-refractivity contribution in [3.05, 3.63) is 47.8 Å². The van der Waals surface area contributed by atoms with Crippen molar-refractivity contribution in [3.8, 4) is 11.5 Å². The minimum absolute atomic E-state index is 0.234. The Bertz CT molecular complexity index is 674. The number of anilines is 2. The number of nitrogens with two attached hydrogens (primary N) is 1. The van der Waals surface area contributed by atoms with Gasteiger partial charge in [-0.1, -0.05) is 0 Å². The Labute approximate surface area is 121 Å². The molecule has 0 aromatic heterocycles. The molecule has 0 unspecified atom stereocenters. The van der Waals surface area contributed by atoms with Gasteiger partial charge in [0, 0.05) is 17.8 Å². The molecular formula is C15H15FN2O3. The number of carbonyl (C=O) groups excluding carboxylic acids is 1. The third-order valence-corrected chi connectivity index (χ3v) is 2.88. The molecule has 6 heteroatoms. The van der Waals surface area contributed by atoms with Crippen LogP contribution in [0.2, 0.25) is 0 Å². The molecule has 0 saturated heterocycles. The zero-order valence-corrected chi connectivity index (χ0v) is 11.6. The van der Waals surface area contributed by atoms with Crippen LogP contribution in [0.4, 0.5) is 15.8 Å². The highest BCUT2D eigenvalue weighted by Gasteiger charge is 2.15. The molecule has 0 fully saturated rings. The average Bonchev–Trinajstić information content (AvgIpc) is 2.48.